The van der Waals surface area contributed by atoms with E-state index in [9.17, 15) is 9.00 Å². The van der Waals surface area contributed by atoms with Crippen molar-refractivity contribution in [3.05, 3.63) is 24.3 Å². The first-order chi connectivity index (χ1) is 11.7. The van der Waals surface area contributed by atoms with Gasteiger partial charge in [0.05, 0.1) is 36.3 Å². The van der Waals surface area contributed by atoms with Crippen molar-refractivity contribution in [1.29, 1.82) is 0 Å². The van der Waals surface area contributed by atoms with Crippen molar-refractivity contribution in [2.24, 2.45) is 0 Å². The SMILES string of the molecule is CS(=O)c1nnnn1-c1ccc(OCCOCCOCC=O)cc1. The third-order valence-electron chi connectivity index (χ3n) is 2.83. The fraction of sp³-hybridized carbons (Fsp3) is 0.429. The van der Waals surface area contributed by atoms with Crippen LogP contribution >= 0.6 is 0 Å². The number of ether oxygens (including phenoxy) is 3. The van der Waals surface area contributed by atoms with Gasteiger partial charge in [-0.05, 0) is 34.7 Å². The molecule has 1 aromatic carbocycles. The Labute approximate surface area is 141 Å². The van der Waals surface area contributed by atoms with Gasteiger partial charge >= 0.3 is 0 Å². The van der Waals surface area contributed by atoms with Crippen LogP contribution in [0.3, 0.4) is 0 Å². The van der Waals surface area contributed by atoms with Crippen LogP contribution in [0.2, 0.25) is 0 Å². The molecule has 1 heterocycles. The molecule has 24 heavy (non-hydrogen) atoms. The molecule has 0 radical (unpaired) electrons. The zero-order chi connectivity index (χ0) is 17.2. The molecule has 0 saturated heterocycles. The van der Waals surface area contributed by atoms with E-state index >= 15 is 0 Å². The molecule has 0 N–H and O–H groups in total. The highest BCUT2D eigenvalue weighted by atomic mass is 32.2. The van der Waals surface area contributed by atoms with Crippen LogP contribution in [-0.2, 0) is 25.1 Å². The fourth-order valence-corrected chi connectivity index (χ4v) is 2.31. The first-order valence-electron chi connectivity index (χ1n) is 7.16. The summed E-state index contributed by atoms with van der Waals surface area (Å²) in [5.41, 5.74) is 0.695. The van der Waals surface area contributed by atoms with Crippen LogP contribution in [0.5, 0.6) is 5.75 Å². The van der Waals surface area contributed by atoms with Crippen molar-refractivity contribution >= 4 is 17.1 Å². The van der Waals surface area contributed by atoms with E-state index in [-0.39, 0.29) is 11.8 Å². The number of nitrogens with zero attached hydrogens (tertiary/aromatic N) is 4. The Hall–Kier alpha value is -2.17. The third-order valence-corrected chi connectivity index (χ3v) is 3.60. The first-order valence-corrected chi connectivity index (χ1v) is 8.72. The maximum absolute atomic E-state index is 11.5. The Balaban J connectivity index is 1.75. The molecule has 1 atom stereocenters. The van der Waals surface area contributed by atoms with Gasteiger partial charge in [-0.3, -0.25) is 4.21 Å². The smallest absolute Gasteiger partial charge is 0.244 e. The van der Waals surface area contributed by atoms with Crippen molar-refractivity contribution < 1.29 is 23.2 Å². The van der Waals surface area contributed by atoms with Gasteiger partial charge in [-0.15, -0.1) is 0 Å². The normalized spacial score (nSPS) is 12.0. The van der Waals surface area contributed by atoms with Crippen LogP contribution in [0.1, 0.15) is 0 Å². The molecule has 0 bridgehead atoms. The van der Waals surface area contributed by atoms with Crippen molar-refractivity contribution in [3.8, 4) is 11.4 Å². The Kier molecular flexibility index (Phi) is 7.46. The summed E-state index contributed by atoms with van der Waals surface area (Å²) in [6.45, 7) is 1.67. The summed E-state index contributed by atoms with van der Waals surface area (Å²) in [5.74, 6) is 0.673. The van der Waals surface area contributed by atoms with E-state index in [1.807, 2.05) is 0 Å². The Morgan fingerprint density at radius 3 is 2.54 bits per heavy atom. The van der Waals surface area contributed by atoms with Crippen LogP contribution in [-0.4, -0.2) is 70.0 Å². The lowest BCUT2D eigenvalue weighted by Crippen LogP contribution is -2.11. The van der Waals surface area contributed by atoms with E-state index < -0.39 is 10.8 Å². The minimum absolute atomic E-state index is 0.0842. The molecule has 0 fully saturated rings. The second kappa shape index (κ2) is 9.85. The quantitative estimate of drug-likeness (QED) is 0.410. The second-order valence-corrected chi connectivity index (χ2v) is 5.80. The molecular weight excluding hydrogens is 336 g/mol. The minimum Gasteiger partial charge on any atom is -0.491 e. The Morgan fingerprint density at radius 2 is 1.83 bits per heavy atom. The van der Waals surface area contributed by atoms with Crippen LogP contribution in [0.15, 0.2) is 29.4 Å². The highest BCUT2D eigenvalue weighted by Crippen LogP contribution is 2.16. The minimum atomic E-state index is -1.28. The number of aromatic nitrogens is 4. The number of hydrogen-bond donors (Lipinski definition) is 0. The van der Waals surface area contributed by atoms with Gasteiger partial charge in [0.2, 0.25) is 5.16 Å². The number of rotatable bonds is 11. The summed E-state index contributed by atoms with van der Waals surface area (Å²) in [6.07, 6.45) is 2.22. The topological polar surface area (TPSA) is 105 Å². The Morgan fingerprint density at radius 1 is 1.12 bits per heavy atom. The van der Waals surface area contributed by atoms with Crippen LogP contribution in [0.4, 0.5) is 0 Å². The summed E-state index contributed by atoms with van der Waals surface area (Å²) >= 11 is 0. The van der Waals surface area contributed by atoms with Crippen LogP contribution in [0.25, 0.3) is 5.69 Å². The van der Waals surface area contributed by atoms with Crippen molar-refractivity contribution in [2.75, 3.05) is 39.3 Å². The zero-order valence-electron chi connectivity index (χ0n) is 13.2. The lowest BCUT2D eigenvalue weighted by Gasteiger charge is -2.08. The third kappa shape index (κ3) is 5.48. The maximum Gasteiger partial charge on any atom is 0.244 e. The van der Waals surface area contributed by atoms with Crippen molar-refractivity contribution in [2.45, 2.75) is 5.16 Å². The molecule has 10 heteroatoms. The number of carbonyl (C=O) groups is 1. The summed E-state index contributed by atoms with van der Waals surface area (Å²) in [4.78, 5) is 10.0. The molecule has 1 aromatic heterocycles. The first kappa shape index (κ1) is 18.2. The van der Waals surface area contributed by atoms with Gasteiger partial charge in [-0.2, -0.15) is 4.68 Å². The number of benzene rings is 1. The van der Waals surface area contributed by atoms with Gasteiger partial charge in [-0.25, -0.2) is 0 Å². The van der Waals surface area contributed by atoms with Gasteiger partial charge < -0.3 is 19.0 Å². The predicted molar refractivity (Wildman–Crippen MR) is 84.7 cm³/mol. The lowest BCUT2D eigenvalue weighted by atomic mass is 10.3. The average molecular weight is 354 g/mol. The van der Waals surface area contributed by atoms with Crippen molar-refractivity contribution in [1.82, 2.24) is 20.2 Å². The van der Waals surface area contributed by atoms with E-state index in [2.05, 4.69) is 15.5 Å². The van der Waals surface area contributed by atoms with Gasteiger partial charge in [0.1, 0.15) is 25.2 Å². The van der Waals surface area contributed by atoms with Crippen LogP contribution < -0.4 is 4.74 Å². The molecule has 0 aliphatic carbocycles. The molecule has 9 nitrogen and oxygen atoms in total. The van der Waals surface area contributed by atoms with Crippen molar-refractivity contribution in [3.63, 3.8) is 0 Å². The standard InChI is InChI=1S/C14H18N4O5S/c1-24(20)14-15-16-17-18(14)12-2-4-13(5-3-12)23-11-10-22-9-8-21-7-6-19/h2-6H,7-11H2,1H3. The van der Waals surface area contributed by atoms with Crippen LogP contribution in [0, 0.1) is 0 Å². The summed E-state index contributed by atoms with van der Waals surface area (Å²) in [7, 11) is -1.28. The van der Waals surface area contributed by atoms with E-state index in [0.29, 0.717) is 44.2 Å². The highest BCUT2D eigenvalue weighted by Gasteiger charge is 2.11. The van der Waals surface area contributed by atoms with E-state index in [4.69, 9.17) is 14.2 Å². The maximum atomic E-state index is 11.5. The lowest BCUT2D eigenvalue weighted by molar-refractivity contribution is -0.112. The molecule has 2 rings (SSSR count). The molecule has 0 aliphatic heterocycles. The number of hydrogen-bond acceptors (Lipinski definition) is 8. The molecule has 0 saturated carbocycles. The number of tetrazole rings is 1. The molecule has 0 aliphatic rings. The second-order valence-electron chi connectivity index (χ2n) is 4.52. The summed E-state index contributed by atoms with van der Waals surface area (Å²) in [6, 6.07) is 7.09. The fourth-order valence-electron chi connectivity index (χ4n) is 1.77. The Bertz CT molecular complexity index is 661. The van der Waals surface area contributed by atoms with Gasteiger partial charge in [0.15, 0.2) is 0 Å². The average Bonchev–Trinajstić information content (AvgIpc) is 3.08. The van der Waals surface area contributed by atoms with E-state index in [1.165, 1.54) is 10.9 Å². The molecule has 2 aromatic rings. The molecule has 0 spiro atoms. The monoisotopic (exact) mass is 354 g/mol. The number of aldehydes is 1. The summed E-state index contributed by atoms with van der Waals surface area (Å²) < 4.78 is 28.7. The molecule has 0 amide bonds. The van der Waals surface area contributed by atoms with Gasteiger partial charge in [-0.1, -0.05) is 5.10 Å². The predicted octanol–water partition coefficient (Wildman–Crippen LogP) is 0.0106. The molecular formula is C14H18N4O5S. The largest absolute Gasteiger partial charge is 0.491 e. The zero-order valence-corrected chi connectivity index (χ0v) is 14.0. The molecule has 1 unspecified atom stereocenters. The van der Waals surface area contributed by atoms with E-state index in [1.54, 1.807) is 24.3 Å². The van der Waals surface area contributed by atoms with Gasteiger partial charge in [0.25, 0.3) is 0 Å². The van der Waals surface area contributed by atoms with Gasteiger partial charge in [0, 0.05) is 6.26 Å². The molecule has 130 valence electrons. The number of carbonyl (C=O) groups excluding carboxylic acids is 1. The highest BCUT2D eigenvalue weighted by molar-refractivity contribution is 7.84. The van der Waals surface area contributed by atoms with E-state index in [0.717, 1.165) is 0 Å². The summed E-state index contributed by atoms with van der Waals surface area (Å²) in [5, 5.41) is 11.4.